The number of imidazole rings is 1. The number of aryl methyl sites for hydroxylation is 2. The first kappa shape index (κ1) is 14.8. The van der Waals surface area contributed by atoms with Gasteiger partial charge in [-0.15, -0.1) is 0 Å². The summed E-state index contributed by atoms with van der Waals surface area (Å²) in [6.07, 6.45) is 2.27. The molecule has 0 saturated carbocycles. The Kier molecular flexibility index (Phi) is 4.02. The number of carbonyl (C=O) groups excluding carboxylic acids is 1. The summed E-state index contributed by atoms with van der Waals surface area (Å²) in [5, 5.41) is 0. The third-order valence-electron chi connectivity index (χ3n) is 4.41. The Balaban J connectivity index is 1.75. The fourth-order valence-electron chi connectivity index (χ4n) is 3.18. The van der Waals surface area contributed by atoms with Crippen LogP contribution < -0.4 is 11.4 Å². The van der Waals surface area contributed by atoms with Crippen molar-refractivity contribution in [2.75, 3.05) is 13.1 Å². The number of rotatable bonds is 3. The first-order chi connectivity index (χ1) is 10.6. The molecule has 1 saturated heterocycles. The molecule has 0 spiro atoms. The van der Waals surface area contributed by atoms with E-state index in [1.54, 1.807) is 16.2 Å². The summed E-state index contributed by atoms with van der Waals surface area (Å²) in [5.74, 6) is 0.0787. The number of piperidine rings is 1. The highest BCUT2D eigenvalue weighted by atomic mass is 16.2. The van der Waals surface area contributed by atoms with Gasteiger partial charge in [0.1, 0.15) is 0 Å². The molecule has 2 aromatic rings. The number of likely N-dealkylation sites (tertiary alicyclic amines) is 1. The number of hydrogen-bond acceptors (Lipinski definition) is 3. The first-order valence-electron chi connectivity index (χ1n) is 7.75. The molecule has 1 aliphatic heterocycles. The average Bonchev–Trinajstić information content (AvgIpc) is 2.77. The molecule has 1 aromatic heterocycles. The zero-order valence-electron chi connectivity index (χ0n) is 12.9. The molecule has 6 nitrogen and oxygen atoms in total. The minimum atomic E-state index is -0.0793. The summed E-state index contributed by atoms with van der Waals surface area (Å²) in [7, 11) is 1.76. The molecular formula is C16H22N4O2. The van der Waals surface area contributed by atoms with E-state index in [2.05, 4.69) is 0 Å². The van der Waals surface area contributed by atoms with E-state index in [1.165, 1.54) is 0 Å². The van der Waals surface area contributed by atoms with Gasteiger partial charge in [-0.25, -0.2) is 4.79 Å². The first-order valence-corrected chi connectivity index (χ1v) is 7.75. The number of hydrogen-bond donors (Lipinski definition) is 1. The van der Waals surface area contributed by atoms with E-state index < -0.39 is 0 Å². The summed E-state index contributed by atoms with van der Waals surface area (Å²) in [6.45, 7) is 1.81. The van der Waals surface area contributed by atoms with Crippen molar-refractivity contribution in [2.24, 2.45) is 12.8 Å². The fourth-order valence-corrected chi connectivity index (χ4v) is 3.18. The van der Waals surface area contributed by atoms with Gasteiger partial charge in [0.25, 0.3) is 0 Å². The van der Waals surface area contributed by atoms with Gasteiger partial charge in [0.15, 0.2) is 0 Å². The lowest BCUT2D eigenvalue weighted by atomic mass is 10.1. The van der Waals surface area contributed by atoms with Gasteiger partial charge >= 0.3 is 5.69 Å². The molecule has 3 rings (SSSR count). The largest absolute Gasteiger partial charge is 0.341 e. The molecule has 22 heavy (non-hydrogen) atoms. The predicted molar refractivity (Wildman–Crippen MR) is 85.6 cm³/mol. The van der Waals surface area contributed by atoms with Crippen molar-refractivity contribution in [1.29, 1.82) is 0 Å². The summed E-state index contributed by atoms with van der Waals surface area (Å²) >= 11 is 0. The fraction of sp³-hybridized carbons (Fsp3) is 0.500. The van der Waals surface area contributed by atoms with Gasteiger partial charge in [-0.2, -0.15) is 0 Å². The van der Waals surface area contributed by atoms with Crippen molar-refractivity contribution in [3.63, 3.8) is 0 Å². The molecule has 1 aliphatic rings. The van der Waals surface area contributed by atoms with Crippen LogP contribution in [0, 0.1) is 0 Å². The van der Waals surface area contributed by atoms with Crippen LogP contribution in [0.5, 0.6) is 0 Å². The summed E-state index contributed by atoms with van der Waals surface area (Å²) < 4.78 is 3.30. The second-order valence-corrected chi connectivity index (χ2v) is 5.97. The van der Waals surface area contributed by atoms with Crippen molar-refractivity contribution in [3.05, 3.63) is 34.7 Å². The number of para-hydroxylation sites is 2. The quantitative estimate of drug-likeness (QED) is 0.906. The van der Waals surface area contributed by atoms with Crippen LogP contribution in [0.3, 0.4) is 0 Å². The Morgan fingerprint density at radius 1 is 1.32 bits per heavy atom. The number of nitrogens with two attached hydrogens (primary N) is 1. The molecule has 2 N–H and O–H groups in total. The monoisotopic (exact) mass is 302 g/mol. The molecule has 1 unspecified atom stereocenters. The third kappa shape index (κ3) is 2.66. The van der Waals surface area contributed by atoms with E-state index in [0.717, 1.165) is 30.4 Å². The van der Waals surface area contributed by atoms with Crippen LogP contribution in [0.15, 0.2) is 29.1 Å². The minimum Gasteiger partial charge on any atom is -0.341 e. The lowest BCUT2D eigenvalue weighted by Gasteiger charge is -2.30. The van der Waals surface area contributed by atoms with Gasteiger partial charge in [0.05, 0.1) is 11.0 Å². The second-order valence-electron chi connectivity index (χ2n) is 5.97. The Hall–Kier alpha value is -2.08. The maximum absolute atomic E-state index is 12.3. The molecule has 6 heteroatoms. The Bertz CT molecular complexity index is 746. The lowest BCUT2D eigenvalue weighted by Crippen LogP contribution is -2.46. The van der Waals surface area contributed by atoms with Gasteiger partial charge in [-0.05, 0) is 25.0 Å². The molecule has 1 amide bonds. The van der Waals surface area contributed by atoms with E-state index in [9.17, 15) is 9.59 Å². The van der Waals surface area contributed by atoms with Gasteiger partial charge < -0.3 is 10.6 Å². The van der Waals surface area contributed by atoms with Crippen LogP contribution in [0.25, 0.3) is 11.0 Å². The van der Waals surface area contributed by atoms with Gasteiger partial charge in [0.2, 0.25) is 5.91 Å². The molecule has 2 heterocycles. The van der Waals surface area contributed by atoms with Crippen LogP contribution in [0.1, 0.15) is 19.3 Å². The van der Waals surface area contributed by atoms with Gasteiger partial charge in [-0.1, -0.05) is 12.1 Å². The van der Waals surface area contributed by atoms with Crippen LogP contribution >= 0.6 is 0 Å². The smallest absolute Gasteiger partial charge is 0.328 e. The highest BCUT2D eigenvalue weighted by Crippen LogP contribution is 2.13. The van der Waals surface area contributed by atoms with E-state index in [4.69, 9.17) is 5.73 Å². The molecule has 0 radical (unpaired) electrons. The summed E-state index contributed by atoms with van der Waals surface area (Å²) in [4.78, 5) is 26.5. The van der Waals surface area contributed by atoms with Crippen molar-refractivity contribution < 1.29 is 4.79 Å². The molecule has 0 aliphatic carbocycles. The molecule has 118 valence electrons. The zero-order valence-corrected chi connectivity index (χ0v) is 12.9. The minimum absolute atomic E-state index is 0.0787. The highest BCUT2D eigenvalue weighted by Gasteiger charge is 2.21. The number of aromatic nitrogens is 2. The Labute approximate surface area is 129 Å². The van der Waals surface area contributed by atoms with E-state index in [0.29, 0.717) is 19.5 Å². The molecule has 1 atom stereocenters. The second kappa shape index (κ2) is 5.96. The summed E-state index contributed by atoms with van der Waals surface area (Å²) in [6, 6.07) is 7.73. The molecule has 1 aromatic carbocycles. The van der Waals surface area contributed by atoms with Crippen LogP contribution in [-0.4, -0.2) is 39.1 Å². The van der Waals surface area contributed by atoms with Crippen molar-refractivity contribution >= 4 is 16.9 Å². The number of benzene rings is 1. The van der Waals surface area contributed by atoms with Gasteiger partial charge in [-0.3, -0.25) is 13.9 Å². The Morgan fingerprint density at radius 3 is 2.77 bits per heavy atom. The standard InChI is InChI=1S/C16H22N4O2/c1-18-13-6-2-3-7-14(13)20(16(18)22)10-8-15(21)19-9-4-5-12(17)11-19/h2-3,6-7,12H,4-5,8-11,17H2,1H3. The van der Waals surface area contributed by atoms with E-state index in [-0.39, 0.29) is 17.6 Å². The average molecular weight is 302 g/mol. The van der Waals surface area contributed by atoms with Crippen molar-refractivity contribution in [3.8, 4) is 0 Å². The number of amides is 1. The third-order valence-corrected chi connectivity index (χ3v) is 4.41. The maximum atomic E-state index is 12.3. The highest BCUT2D eigenvalue weighted by molar-refractivity contribution is 5.78. The lowest BCUT2D eigenvalue weighted by molar-refractivity contribution is -0.132. The number of nitrogens with zero attached hydrogens (tertiary/aromatic N) is 3. The molecular weight excluding hydrogens is 280 g/mol. The zero-order chi connectivity index (χ0) is 15.7. The molecule has 1 fully saturated rings. The number of fused-ring (bicyclic) bond motifs is 1. The number of carbonyl (C=O) groups is 1. The van der Waals surface area contributed by atoms with Crippen molar-refractivity contribution in [1.82, 2.24) is 14.0 Å². The van der Waals surface area contributed by atoms with Gasteiger partial charge in [0, 0.05) is 39.1 Å². The normalized spacial score (nSPS) is 18.8. The molecule has 0 bridgehead atoms. The topological polar surface area (TPSA) is 73.3 Å². The predicted octanol–water partition coefficient (Wildman–Crippen LogP) is 0.680. The Morgan fingerprint density at radius 2 is 2.05 bits per heavy atom. The maximum Gasteiger partial charge on any atom is 0.328 e. The van der Waals surface area contributed by atoms with Crippen LogP contribution in [0.4, 0.5) is 0 Å². The van der Waals surface area contributed by atoms with E-state index >= 15 is 0 Å². The SMILES string of the molecule is Cn1c(=O)n(CCC(=O)N2CCCC(N)C2)c2ccccc21. The van der Waals surface area contributed by atoms with Crippen LogP contribution in [0.2, 0.25) is 0 Å². The summed E-state index contributed by atoms with van der Waals surface area (Å²) in [5.41, 5.74) is 7.60. The van der Waals surface area contributed by atoms with E-state index in [1.807, 2.05) is 29.2 Å². The van der Waals surface area contributed by atoms with Crippen molar-refractivity contribution in [2.45, 2.75) is 31.8 Å². The van der Waals surface area contributed by atoms with Crippen LogP contribution in [-0.2, 0) is 18.4 Å².